The number of carboxylic acid groups (broad SMARTS) is 1. The highest BCUT2D eigenvalue weighted by atomic mass is 16.4. The van der Waals surface area contributed by atoms with E-state index in [9.17, 15) is 4.79 Å². The molecule has 3 N–H and O–H groups in total. The molecule has 0 saturated carbocycles. The zero-order chi connectivity index (χ0) is 10.1. The van der Waals surface area contributed by atoms with E-state index in [1.165, 1.54) is 0 Å². The number of nitrogens with two attached hydrogens (primary N) is 1. The van der Waals surface area contributed by atoms with Crippen LogP contribution in [0.1, 0.15) is 32.6 Å². The first-order valence-electron chi connectivity index (χ1n) is 4.54. The summed E-state index contributed by atoms with van der Waals surface area (Å²) in [5.41, 5.74) is 5.32. The van der Waals surface area contributed by atoms with Gasteiger partial charge in [0.2, 0.25) is 0 Å². The quantitative estimate of drug-likeness (QED) is 0.481. The van der Waals surface area contributed by atoms with Crippen LogP contribution in [0.2, 0.25) is 0 Å². The number of aliphatic carboxylic acids is 1. The average Bonchev–Trinajstić information content (AvgIpc) is 2.10. The third kappa shape index (κ3) is 6.18. The number of unbranched alkanes of at least 4 members (excludes halogenated alkanes) is 1. The van der Waals surface area contributed by atoms with Crippen LogP contribution in [0.15, 0.2) is 0 Å². The van der Waals surface area contributed by atoms with Gasteiger partial charge in [0, 0.05) is 6.42 Å². The maximum Gasteiger partial charge on any atom is 0.307 e. The van der Waals surface area contributed by atoms with Crippen LogP contribution in [0, 0.1) is 17.8 Å². The Labute approximate surface area is 79.3 Å². The fourth-order valence-electron chi connectivity index (χ4n) is 1.07. The highest BCUT2D eigenvalue weighted by Crippen LogP contribution is 2.12. The lowest BCUT2D eigenvalue weighted by molar-refractivity contribution is -0.141. The maximum absolute atomic E-state index is 10.7. The molecule has 0 spiro atoms. The summed E-state index contributed by atoms with van der Waals surface area (Å²) in [5.74, 6) is 4.43. The summed E-state index contributed by atoms with van der Waals surface area (Å²) in [6.07, 6.45) is 2.90. The standard InChI is InChI=1S/C10H17NO2/c1-2-3-6-9(10(12)13)7-4-5-8-11/h9H,4-8,11H2,1H3,(H,12,13). The van der Waals surface area contributed by atoms with Crippen molar-refractivity contribution in [2.75, 3.05) is 6.54 Å². The van der Waals surface area contributed by atoms with Gasteiger partial charge in [0.15, 0.2) is 0 Å². The van der Waals surface area contributed by atoms with E-state index in [-0.39, 0.29) is 5.92 Å². The van der Waals surface area contributed by atoms with Crippen LogP contribution in [0.4, 0.5) is 0 Å². The van der Waals surface area contributed by atoms with Crippen molar-refractivity contribution in [2.24, 2.45) is 11.7 Å². The average molecular weight is 183 g/mol. The molecule has 74 valence electrons. The first kappa shape index (κ1) is 12.0. The Morgan fingerprint density at radius 1 is 1.54 bits per heavy atom. The van der Waals surface area contributed by atoms with E-state index in [1.807, 2.05) is 0 Å². The van der Waals surface area contributed by atoms with Crippen molar-refractivity contribution < 1.29 is 9.90 Å². The largest absolute Gasteiger partial charge is 0.481 e. The molecule has 0 aromatic carbocycles. The lowest BCUT2D eigenvalue weighted by atomic mass is 9.99. The van der Waals surface area contributed by atoms with Crippen molar-refractivity contribution in [2.45, 2.75) is 32.6 Å². The lowest BCUT2D eigenvalue weighted by Crippen LogP contribution is -2.13. The monoisotopic (exact) mass is 183 g/mol. The van der Waals surface area contributed by atoms with Gasteiger partial charge in [-0.2, -0.15) is 0 Å². The molecular weight excluding hydrogens is 166 g/mol. The van der Waals surface area contributed by atoms with Crippen LogP contribution in [0.25, 0.3) is 0 Å². The summed E-state index contributed by atoms with van der Waals surface area (Å²) in [5, 5.41) is 8.80. The van der Waals surface area contributed by atoms with E-state index in [0.717, 1.165) is 12.8 Å². The highest BCUT2D eigenvalue weighted by Gasteiger charge is 2.14. The van der Waals surface area contributed by atoms with Crippen molar-refractivity contribution in [1.29, 1.82) is 0 Å². The highest BCUT2D eigenvalue weighted by molar-refractivity contribution is 5.70. The number of hydrogen-bond acceptors (Lipinski definition) is 2. The van der Waals surface area contributed by atoms with Crippen molar-refractivity contribution in [3.8, 4) is 11.8 Å². The van der Waals surface area contributed by atoms with E-state index < -0.39 is 5.97 Å². The third-order valence-corrected chi connectivity index (χ3v) is 1.88. The minimum absolute atomic E-state index is 0.320. The van der Waals surface area contributed by atoms with Gasteiger partial charge < -0.3 is 10.8 Å². The summed E-state index contributed by atoms with van der Waals surface area (Å²) in [7, 11) is 0. The molecule has 3 heteroatoms. The second kappa shape index (κ2) is 7.63. The number of carbonyl (C=O) groups is 1. The summed E-state index contributed by atoms with van der Waals surface area (Å²) in [6, 6.07) is 0. The molecule has 0 rings (SSSR count). The number of hydrogen-bond donors (Lipinski definition) is 2. The molecule has 1 atom stereocenters. The van der Waals surface area contributed by atoms with Gasteiger partial charge in [0.05, 0.1) is 5.92 Å². The summed E-state index contributed by atoms with van der Waals surface area (Å²) >= 11 is 0. The second-order valence-corrected chi connectivity index (χ2v) is 2.95. The molecule has 1 unspecified atom stereocenters. The molecule has 0 saturated heterocycles. The van der Waals surface area contributed by atoms with Crippen molar-refractivity contribution in [1.82, 2.24) is 0 Å². The molecule has 0 amide bonds. The molecule has 0 radical (unpaired) electrons. The predicted molar refractivity (Wildman–Crippen MR) is 52.1 cm³/mol. The van der Waals surface area contributed by atoms with Gasteiger partial charge in [0.25, 0.3) is 0 Å². The minimum atomic E-state index is -0.750. The Bertz CT molecular complexity index is 203. The summed E-state index contributed by atoms with van der Waals surface area (Å²) < 4.78 is 0. The van der Waals surface area contributed by atoms with Crippen LogP contribution in [-0.4, -0.2) is 17.6 Å². The first-order chi connectivity index (χ1) is 6.22. The van der Waals surface area contributed by atoms with Crippen molar-refractivity contribution in [3.63, 3.8) is 0 Å². The molecule has 13 heavy (non-hydrogen) atoms. The molecule has 0 heterocycles. The zero-order valence-corrected chi connectivity index (χ0v) is 8.05. The Morgan fingerprint density at radius 3 is 2.69 bits per heavy atom. The topological polar surface area (TPSA) is 63.3 Å². The molecule has 0 aromatic heterocycles. The normalized spacial score (nSPS) is 11.5. The Hall–Kier alpha value is -1.01. The minimum Gasteiger partial charge on any atom is -0.481 e. The Kier molecular flexibility index (Phi) is 7.04. The van der Waals surface area contributed by atoms with Gasteiger partial charge in [-0.1, -0.05) is 6.42 Å². The van der Waals surface area contributed by atoms with Crippen LogP contribution in [-0.2, 0) is 4.79 Å². The van der Waals surface area contributed by atoms with E-state index in [4.69, 9.17) is 10.8 Å². The van der Waals surface area contributed by atoms with Gasteiger partial charge in [-0.05, 0) is 26.3 Å². The second-order valence-electron chi connectivity index (χ2n) is 2.95. The SMILES string of the molecule is CC#CCC(CCCCN)C(=O)O. The van der Waals surface area contributed by atoms with Crippen LogP contribution in [0.5, 0.6) is 0 Å². The maximum atomic E-state index is 10.7. The predicted octanol–water partition coefficient (Wildman–Crippen LogP) is 1.23. The van der Waals surface area contributed by atoms with Crippen molar-refractivity contribution >= 4 is 5.97 Å². The number of rotatable bonds is 6. The molecular formula is C10H17NO2. The fourth-order valence-corrected chi connectivity index (χ4v) is 1.07. The first-order valence-corrected chi connectivity index (χ1v) is 4.54. The van der Waals surface area contributed by atoms with E-state index in [2.05, 4.69) is 11.8 Å². The summed E-state index contributed by atoms with van der Waals surface area (Å²) in [4.78, 5) is 10.7. The Balaban J connectivity index is 3.78. The van der Waals surface area contributed by atoms with Crippen molar-refractivity contribution in [3.05, 3.63) is 0 Å². The lowest BCUT2D eigenvalue weighted by Gasteiger charge is -2.07. The van der Waals surface area contributed by atoms with Gasteiger partial charge >= 0.3 is 5.97 Å². The molecule has 0 fully saturated rings. The molecule has 0 aliphatic carbocycles. The smallest absolute Gasteiger partial charge is 0.307 e. The van der Waals surface area contributed by atoms with Gasteiger partial charge in [-0.3, -0.25) is 4.79 Å². The fraction of sp³-hybridized carbons (Fsp3) is 0.700. The molecule has 3 nitrogen and oxygen atoms in total. The number of carboxylic acids is 1. The molecule has 0 aromatic rings. The van der Waals surface area contributed by atoms with E-state index in [1.54, 1.807) is 6.92 Å². The van der Waals surface area contributed by atoms with E-state index in [0.29, 0.717) is 19.4 Å². The third-order valence-electron chi connectivity index (χ3n) is 1.88. The van der Waals surface area contributed by atoms with Gasteiger partial charge in [-0.15, -0.1) is 11.8 Å². The Morgan fingerprint density at radius 2 is 2.23 bits per heavy atom. The van der Waals surface area contributed by atoms with Gasteiger partial charge in [-0.25, -0.2) is 0 Å². The molecule has 0 aliphatic heterocycles. The van der Waals surface area contributed by atoms with Gasteiger partial charge in [0.1, 0.15) is 0 Å². The van der Waals surface area contributed by atoms with Crippen LogP contribution in [0.3, 0.4) is 0 Å². The van der Waals surface area contributed by atoms with Crippen LogP contribution >= 0.6 is 0 Å². The molecule has 0 aliphatic rings. The van der Waals surface area contributed by atoms with Crippen LogP contribution < -0.4 is 5.73 Å². The summed E-state index contributed by atoms with van der Waals surface area (Å²) in [6.45, 7) is 2.35. The van der Waals surface area contributed by atoms with E-state index >= 15 is 0 Å². The molecule has 0 bridgehead atoms. The zero-order valence-electron chi connectivity index (χ0n) is 8.05.